The Labute approximate surface area is 111 Å². The summed E-state index contributed by atoms with van der Waals surface area (Å²) in [5.41, 5.74) is 0.760. The Bertz CT molecular complexity index is 407. The average Bonchev–Trinajstić information content (AvgIpc) is 2.25. The summed E-state index contributed by atoms with van der Waals surface area (Å²) >= 11 is 12.0. The van der Waals surface area contributed by atoms with E-state index in [1.807, 2.05) is 13.8 Å². The van der Waals surface area contributed by atoms with Gasteiger partial charge < -0.3 is 0 Å². The molecule has 0 bridgehead atoms. The molecule has 0 heterocycles. The van der Waals surface area contributed by atoms with Crippen molar-refractivity contribution < 1.29 is 4.92 Å². The van der Waals surface area contributed by atoms with Crippen molar-refractivity contribution in [1.29, 1.82) is 0 Å². The number of rotatable bonds is 5. The zero-order chi connectivity index (χ0) is 13.0. The summed E-state index contributed by atoms with van der Waals surface area (Å²) in [5, 5.41) is 11.4. The van der Waals surface area contributed by atoms with Crippen molar-refractivity contribution >= 4 is 28.9 Å². The van der Waals surface area contributed by atoms with Gasteiger partial charge in [0, 0.05) is 22.0 Å². The van der Waals surface area contributed by atoms with E-state index >= 15 is 0 Å². The summed E-state index contributed by atoms with van der Waals surface area (Å²) in [6, 6.07) is 4.61. The predicted octanol–water partition coefficient (Wildman–Crippen LogP) is 4.44. The second-order valence-electron chi connectivity index (χ2n) is 4.33. The van der Waals surface area contributed by atoms with Crippen molar-refractivity contribution in [1.82, 2.24) is 0 Å². The van der Waals surface area contributed by atoms with Crippen molar-refractivity contribution in [3.63, 3.8) is 0 Å². The van der Waals surface area contributed by atoms with Crippen molar-refractivity contribution in [2.45, 2.75) is 32.1 Å². The molecule has 0 aliphatic rings. The molecule has 0 aromatic heterocycles. The van der Waals surface area contributed by atoms with Gasteiger partial charge in [-0.15, -0.1) is 11.6 Å². The predicted molar refractivity (Wildman–Crippen MR) is 70.9 cm³/mol. The van der Waals surface area contributed by atoms with Gasteiger partial charge in [-0.1, -0.05) is 25.4 Å². The monoisotopic (exact) mass is 275 g/mol. The molecule has 0 spiro atoms. The lowest BCUT2D eigenvalue weighted by Crippen LogP contribution is -2.09. The summed E-state index contributed by atoms with van der Waals surface area (Å²) < 4.78 is 0. The van der Waals surface area contributed by atoms with E-state index in [4.69, 9.17) is 23.2 Å². The lowest BCUT2D eigenvalue weighted by atomic mass is 10.0. The van der Waals surface area contributed by atoms with E-state index in [0.29, 0.717) is 29.3 Å². The van der Waals surface area contributed by atoms with Gasteiger partial charge >= 0.3 is 0 Å². The molecule has 0 amide bonds. The molecule has 17 heavy (non-hydrogen) atoms. The van der Waals surface area contributed by atoms with Gasteiger partial charge in [-0.3, -0.25) is 10.1 Å². The second kappa shape index (κ2) is 6.22. The fourth-order valence-corrected chi connectivity index (χ4v) is 1.86. The van der Waals surface area contributed by atoms with Crippen LogP contribution >= 0.6 is 23.2 Å². The molecule has 0 fully saturated rings. The molecule has 0 N–H and O–H groups in total. The normalized spacial score (nSPS) is 12.8. The van der Waals surface area contributed by atoms with Crippen LogP contribution in [0.2, 0.25) is 5.02 Å². The number of nitro groups is 1. The molecule has 1 rings (SSSR count). The fraction of sp³-hybridized carbons (Fsp3) is 0.500. The SMILES string of the molecule is CC(C)C(Cl)CCc1cc(Cl)ccc1[N+](=O)[O-]. The van der Waals surface area contributed by atoms with Crippen LogP contribution in [0.4, 0.5) is 5.69 Å². The van der Waals surface area contributed by atoms with Gasteiger partial charge in [0.1, 0.15) is 0 Å². The van der Waals surface area contributed by atoms with Crippen LogP contribution in [0.15, 0.2) is 18.2 Å². The average molecular weight is 276 g/mol. The minimum atomic E-state index is -0.385. The first-order valence-corrected chi connectivity index (χ1v) is 6.30. The zero-order valence-electron chi connectivity index (χ0n) is 9.82. The highest BCUT2D eigenvalue weighted by Crippen LogP contribution is 2.26. The van der Waals surface area contributed by atoms with Crippen LogP contribution in [0, 0.1) is 16.0 Å². The van der Waals surface area contributed by atoms with Crippen LogP contribution in [-0.2, 0) is 6.42 Å². The lowest BCUT2D eigenvalue weighted by Gasteiger charge is -2.12. The van der Waals surface area contributed by atoms with Gasteiger partial charge in [-0.05, 0) is 30.9 Å². The smallest absolute Gasteiger partial charge is 0.258 e. The van der Waals surface area contributed by atoms with Gasteiger partial charge in [0.2, 0.25) is 0 Å². The minimum absolute atomic E-state index is 0.0218. The maximum absolute atomic E-state index is 10.8. The van der Waals surface area contributed by atoms with Crippen molar-refractivity contribution in [2.75, 3.05) is 0 Å². The highest BCUT2D eigenvalue weighted by atomic mass is 35.5. The van der Waals surface area contributed by atoms with Crippen LogP contribution in [0.25, 0.3) is 0 Å². The Balaban J connectivity index is 2.82. The maximum Gasteiger partial charge on any atom is 0.272 e. The van der Waals surface area contributed by atoms with Crippen LogP contribution < -0.4 is 0 Å². The number of hydrogen-bond acceptors (Lipinski definition) is 2. The molecule has 1 aromatic carbocycles. The van der Waals surface area contributed by atoms with Gasteiger partial charge in [-0.25, -0.2) is 0 Å². The lowest BCUT2D eigenvalue weighted by molar-refractivity contribution is -0.385. The maximum atomic E-state index is 10.8. The Morgan fingerprint density at radius 3 is 2.59 bits per heavy atom. The fourth-order valence-electron chi connectivity index (χ4n) is 1.56. The first kappa shape index (κ1) is 14.3. The molecule has 0 radical (unpaired) electrons. The summed E-state index contributed by atoms with van der Waals surface area (Å²) in [6.07, 6.45) is 1.28. The molecule has 3 nitrogen and oxygen atoms in total. The summed E-state index contributed by atoms with van der Waals surface area (Å²) in [5.74, 6) is 0.356. The number of aryl methyl sites for hydroxylation is 1. The first-order chi connectivity index (χ1) is 7.91. The van der Waals surface area contributed by atoms with Gasteiger partial charge in [0.15, 0.2) is 0 Å². The molecule has 0 saturated heterocycles. The Kier molecular flexibility index (Phi) is 5.22. The summed E-state index contributed by atoms with van der Waals surface area (Å²) in [7, 11) is 0. The highest BCUT2D eigenvalue weighted by molar-refractivity contribution is 6.30. The number of nitro benzene ring substituents is 1. The van der Waals surface area contributed by atoms with Crippen molar-refractivity contribution in [2.24, 2.45) is 5.92 Å². The van der Waals surface area contributed by atoms with E-state index < -0.39 is 0 Å². The summed E-state index contributed by atoms with van der Waals surface area (Å²) in [4.78, 5) is 10.5. The number of benzene rings is 1. The van der Waals surface area contributed by atoms with E-state index in [1.165, 1.54) is 12.1 Å². The van der Waals surface area contributed by atoms with Crippen molar-refractivity contribution in [3.05, 3.63) is 38.9 Å². The topological polar surface area (TPSA) is 43.1 Å². The first-order valence-electron chi connectivity index (χ1n) is 5.48. The van der Waals surface area contributed by atoms with E-state index in [2.05, 4.69) is 0 Å². The van der Waals surface area contributed by atoms with Crippen LogP contribution in [-0.4, -0.2) is 10.3 Å². The molecular weight excluding hydrogens is 261 g/mol. The molecule has 1 atom stereocenters. The standard InChI is InChI=1S/C12H15Cl2NO2/c1-8(2)11(14)5-3-9-7-10(13)4-6-12(9)15(16)17/h4,6-8,11H,3,5H2,1-2H3. The summed E-state index contributed by atoms with van der Waals surface area (Å²) in [6.45, 7) is 4.06. The van der Waals surface area contributed by atoms with Crippen molar-refractivity contribution in [3.8, 4) is 0 Å². The quantitative estimate of drug-likeness (QED) is 0.453. The van der Waals surface area contributed by atoms with Crippen LogP contribution in [0.5, 0.6) is 0 Å². The second-order valence-corrected chi connectivity index (χ2v) is 5.33. The molecule has 94 valence electrons. The number of nitrogens with zero attached hydrogens (tertiary/aromatic N) is 1. The molecule has 0 aliphatic heterocycles. The zero-order valence-corrected chi connectivity index (χ0v) is 11.3. The number of halogens is 2. The Morgan fingerprint density at radius 2 is 2.06 bits per heavy atom. The highest BCUT2D eigenvalue weighted by Gasteiger charge is 2.16. The van der Waals surface area contributed by atoms with Crippen LogP contribution in [0.3, 0.4) is 0 Å². The molecular formula is C12H15Cl2NO2. The molecule has 5 heteroatoms. The third-order valence-corrected chi connectivity index (χ3v) is 3.61. The number of alkyl halides is 1. The molecule has 1 unspecified atom stereocenters. The Morgan fingerprint density at radius 1 is 1.41 bits per heavy atom. The van der Waals surface area contributed by atoms with Gasteiger partial charge in [0.25, 0.3) is 5.69 Å². The van der Waals surface area contributed by atoms with E-state index in [1.54, 1.807) is 6.07 Å². The third kappa shape index (κ3) is 4.17. The van der Waals surface area contributed by atoms with Crippen LogP contribution in [0.1, 0.15) is 25.8 Å². The number of hydrogen-bond donors (Lipinski definition) is 0. The molecule has 0 saturated carbocycles. The molecule has 1 aromatic rings. The van der Waals surface area contributed by atoms with E-state index in [0.717, 1.165) is 0 Å². The van der Waals surface area contributed by atoms with E-state index in [-0.39, 0.29) is 16.0 Å². The van der Waals surface area contributed by atoms with E-state index in [9.17, 15) is 10.1 Å². The third-order valence-electron chi connectivity index (χ3n) is 2.65. The largest absolute Gasteiger partial charge is 0.272 e. The van der Waals surface area contributed by atoms with Gasteiger partial charge in [-0.2, -0.15) is 0 Å². The Hall–Kier alpha value is -0.800. The minimum Gasteiger partial charge on any atom is -0.258 e. The molecule has 0 aliphatic carbocycles. The van der Waals surface area contributed by atoms with Gasteiger partial charge in [0.05, 0.1) is 4.92 Å².